The van der Waals surface area contributed by atoms with Crippen LogP contribution in [0, 0.1) is 0 Å². The molecule has 1 aliphatic carbocycles. The van der Waals surface area contributed by atoms with Crippen LogP contribution in [0.1, 0.15) is 40.9 Å². The number of carbonyl (C=O) groups excluding carboxylic acids is 1. The summed E-state index contributed by atoms with van der Waals surface area (Å²) < 4.78 is 23.2. The number of nitrogen functional groups attached to an aromatic ring is 1. The van der Waals surface area contributed by atoms with Crippen molar-refractivity contribution in [3.8, 4) is 0 Å². The molecule has 0 bridgehead atoms. The molecule has 4 rings (SSSR count). The highest BCUT2D eigenvalue weighted by Crippen LogP contribution is 2.44. The van der Waals surface area contributed by atoms with Gasteiger partial charge in [0, 0.05) is 36.5 Å². The van der Waals surface area contributed by atoms with Crippen LogP contribution in [0.15, 0.2) is 35.4 Å². The molecule has 1 fully saturated rings. The molecule has 7 nitrogen and oxygen atoms in total. The fourth-order valence-electron chi connectivity index (χ4n) is 4.28. The third-order valence-corrected chi connectivity index (χ3v) is 6.78. The quantitative estimate of drug-likeness (QED) is 0.840. The molecular formula is C19H22N4O3S. The Hall–Kier alpha value is -2.48. The number of fused-ring (bicyclic) bond motifs is 2. The lowest BCUT2D eigenvalue weighted by atomic mass is 9.77. The summed E-state index contributed by atoms with van der Waals surface area (Å²) >= 11 is 0. The minimum atomic E-state index is -3.28. The van der Waals surface area contributed by atoms with Gasteiger partial charge in [0.05, 0.1) is 10.6 Å². The fourth-order valence-corrected chi connectivity index (χ4v) is 4.92. The zero-order valence-electron chi connectivity index (χ0n) is 15.2. The van der Waals surface area contributed by atoms with Crippen LogP contribution in [0.5, 0.6) is 0 Å². The number of rotatable bonds is 2. The molecule has 1 aromatic heterocycles. The number of likely N-dealkylation sites (tertiary alicyclic amines) is 1. The van der Waals surface area contributed by atoms with Gasteiger partial charge in [0.2, 0.25) is 5.95 Å². The van der Waals surface area contributed by atoms with Crippen molar-refractivity contribution in [2.75, 3.05) is 25.1 Å². The van der Waals surface area contributed by atoms with Crippen molar-refractivity contribution < 1.29 is 13.2 Å². The molecule has 1 aliphatic heterocycles. The molecule has 1 unspecified atom stereocenters. The summed E-state index contributed by atoms with van der Waals surface area (Å²) in [5.41, 5.74) is 8.25. The zero-order chi connectivity index (χ0) is 19.2. The largest absolute Gasteiger partial charge is 0.368 e. The van der Waals surface area contributed by atoms with Crippen molar-refractivity contribution >= 4 is 21.7 Å². The minimum Gasteiger partial charge on any atom is -0.368 e. The highest BCUT2D eigenvalue weighted by atomic mass is 32.2. The van der Waals surface area contributed by atoms with E-state index < -0.39 is 9.84 Å². The van der Waals surface area contributed by atoms with E-state index in [0.717, 1.165) is 43.2 Å². The molecule has 1 atom stereocenters. The summed E-state index contributed by atoms with van der Waals surface area (Å²) in [5, 5.41) is 0. The average Bonchev–Trinajstić information content (AvgIpc) is 2.98. The van der Waals surface area contributed by atoms with E-state index in [2.05, 4.69) is 9.97 Å². The Labute approximate surface area is 158 Å². The van der Waals surface area contributed by atoms with Gasteiger partial charge in [-0.3, -0.25) is 4.79 Å². The maximum absolute atomic E-state index is 13.0. The fraction of sp³-hybridized carbons (Fsp3) is 0.421. The highest BCUT2D eigenvalue weighted by molar-refractivity contribution is 7.90. The lowest BCUT2D eigenvalue weighted by Crippen LogP contribution is -2.48. The van der Waals surface area contributed by atoms with Crippen LogP contribution in [-0.4, -0.2) is 48.5 Å². The van der Waals surface area contributed by atoms with Gasteiger partial charge in [0.15, 0.2) is 9.84 Å². The van der Waals surface area contributed by atoms with Crippen molar-refractivity contribution in [3.05, 3.63) is 47.3 Å². The van der Waals surface area contributed by atoms with Gasteiger partial charge in [0.25, 0.3) is 5.91 Å². The molecule has 2 heterocycles. The van der Waals surface area contributed by atoms with Crippen LogP contribution < -0.4 is 5.73 Å². The number of amides is 1. The first kappa shape index (κ1) is 17.9. The third kappa shape index (κ3) is 3.18. The predicted octanol–water partition coefficient (Wildman–Crippen LogP) is 1.58. The third-order valence-electron chi connectivity index (χ3n) is 5.65. The number of hydrogen-bond acceptors (Lipinski definition) is 6. The van der Waals surface area contributed by atoms with Crippen molar-refractivity contribution in [1.82, 2.24) is 14.9 Å². The second-order valence-corrected chi connectivity index (χ2v) is 9.52. The number of hydrogen-bond donors (Lipinski definition) is 1. The summed E-state index contributed by atoms with van der Waals surface area (Å²) in [6, 6.07) is 6.15. The van der Waals surface area contributed by atoms with Crippen molar-refractivity contribution in [2.45, 2.75) is 36.0 Å². The monoisotopic (exact) mass is 386 g/mol. The number of piperidine rings is 1. The SMILES string of the molecule is CS(=O)(=O)c1ccc(C(=O)N2CCCC3(CCc4cnc(N)nc43)C2)cc1. The van der Waals surface area contributed by atoms with Crippen molar-refractivity contribution in [2.24, 2.45) is 0 Å². The zero-order valence-corrected chi connectivity index (χ0v) is 16.0. The molecule has 1 saturated heterocycles. The molecule has 0 saturated carbocycles. The van der Waals surface area contributed by atoms with Gasteiger partial charge >= 0.3 is 0 Å². The Morgan fingerprint density at radius 3 is 2.67 bits per heavy atom. The maximum atomic E-state index is 13.0. The smallest absolute Gasteiger partial charge is 0.253 e. The number of aromatic nitrogens is 2. The molecular weight excluding hydrogens is 364 g/mol. The van der Waals surface area contributed by atoms with Gasteiger partial charge in [0.1, 0.15) is 0 Å². The number of carbonyl (C=O) groups is 1. The number of benzene rings is 1. The van der Waals surface area contributed by atoms with Gasteiger partial charge in [-0.2, -0.15) is 0 Å². The molecule has 1 aromatic carbocycles. The van der Waals surface area contributed by atoms with Crippen molar-refractivity contribution in [1.29, 1.82) is 0 Å². The lowest BCUT2D eigenvalue weighted by molar-refractivity contribution is 0.0633. The Morgan fingerprint density at radius 2 is 1.96 bits per heavy atom. The first-order valence-electron chi connectivity index (χ1n) is 9.00. The van der Waals surface area contributed by atoms with Gasteiger partial charge < -0.3 is 10.6 Å². The molecule has 2 aromatic rings. The Morgan fingerprint density at radius 1 is 1.22 bits per heavy atom. The summed E-state index contributed by atoms with van der Waals surface area (Å²) in [4.78, 5) is 23.7. The molecule has 8 heteroatoms. The maximum Gasteiger partial charge on any atom is 0.253 e. The summed E-state index contributed by atoms with van der Waals surface area (Å²) in [6.45, 7) is 1.29. The first-order chi connectivity index (χ1) is 12.8. The molecule has 1 spiro atoms. The van der Waals surface area contributed by atoms with Crippen LogP contribution in [-0.2, 0) is 21.7 Å². The van der Waals surface area contributed by atoms with Crippen molar-refractivity contribution in [3.63, 3.8) is 0 Å². The topological polar surface area (TPSA) is 106 Å². The number of nitrogens with two attached hydrogens (primary N) is 1. The van der Waals surface area contributed by atoms with E-state index in [9.17, 15) is 13.2 Å². The van der Waals surface area contributed by atoms with Crippen LogP contribution in [0.4, 0.5) is 5.95 Å². The number of anilines is 1. The van der Waals surface area contributed by atoms with Crippen LogP contribution in [0.2, 0.25) is 0 Å². The molecule has 142 valence electrons. The van der Waals surface area contributed by atoms with Crippen LogP contribution in [0.3, 0.4) is 0 Å². The van der Waals surface area contributed by atoms with Gasteiger partial charge in [-0.25, -0.2) is 18.4 Å². The first-order valence-corrected chi connectivity index (χ1v) is 10.9. The van der Waals surface area contributed by atoms with E-state index in [1.54, 1.807) is 18.3 Å². The summed E-state index contributed by atoms with van der Waals surface area (Å²) in [7, 11) is -3.28. The second-order valence-electron chi connectivity index (χ2n) is 7.51. The van der Waals surface area contributed by atoms with E-state index in [4.69, 9.17) is 5.73 Å². The Balaban J connectivity index is 1.59. The average molecular weight is 386 g/mol. The molecule has 27 heavy (non-hydrogen) atoms. The van der Waals surface area contributed by atoms with Gasteiger partial charge in [-0.05, 0) is 55.5 Å². The standard InChI is InChI=1S/C19H22N4O3S/c1-27(25,26)15-5-3-13(4-6-15)17(24)23-10-2-8-19(12-23)9-7-14-11-21-18(20)22-16(14)19/h3-6,11H,2,7-10,12H2,1H3,(H2,20,21,22). The van der Waals surface area contributed by atoms with Crippen LogP contribution in [0.25, 0.3) is 0 Å². The van der Waals surface area contributed by atoms with Gasteiger partial charge in [-0.1, -0.05) is 0 Å². The molecule has 1 amide bonds. The molecule has 2 aliphatic rings. The summed E-state index contributed by atoms with van der Waals surface area (Å²) in [5.74, 6) is 0.194. The molecule has 0 radical (unpaired) electrons. The minimum absolute atomic E-state index is 0.0791. The summed E-state index contributed by atoms with van der Waals surface area (Å²) in [6.07, 6.45) is 6.68. The molecule has 2 N–H and O–H groups in total. The number of nitrogens with zero attached hydrogens (tertiary/aromatic N) is 3. The van der Waals surface area contributed by atoms with E-state index in [-0.39, 0.29) is 22.2 Å². The van der Waals surface area contributed by atoms with E-state index in [0.29, 0.717) is 18.7 Å². The van der Waals surface area contributed by atoms with Crippen LogP contribution >= 0.6 is 0 Å². The van der Waals surface area contributed by atoms with E-state index in [1.807, 2.05) is 4.90 Å². The van der Waals surface area contributed by atoms with E-state index >= 15 is 0 Å². The normalized spacial score (nSPS) is 22.0. The highest BCUT2D eigenvalue weighted by Gasteiger charge is 2.44. The second kappa shape index (κ2) is 6.30. The van der Waals surface area contributed by atoms with Gasteiger partial charge in [-0.15, -0.1) is 0 Å². The van der Waals surface area contributed by atoms with E-state index in [1.165, 1.54) is 12.1 Å². The number of sulfone groups is 1. The Bertz CT molecular complexity index is 1000. The predicted molar refractivity (Wildman–Crippen MR) is 101 cm³/mol. The number of aryl methyl sites for hydroxylation is 1. The Kier molecular flexibility index (Phi) is 4.18. The lowest BCUT2D eigenvalue weighted by Gasteiger charge is -2.40.